The zero-order valence-corrected chi connectivity index (χ0v) is 20.4. The molecule has 0 bridgehead atoms. The molecule has 0 atom stereocenters. The van der Waals surface area contributed by atoms with Gasteiger partial charge in [-0.2, -0.15) is 0 Å². The predicted molar refractivity (Wildman–Crippen MR) is 135 cm³/mol. The lowest BCUT2D eigenvalue weighted by Gasteiger charge is -2.28. The normalized spacial score (nSPS) is 17.6. The second-order valence-electron chi connectivity index (χ2n) is 8.07. The van der Waals surface area contributed by atoms with Crippen molar-refractivity contribution < 1.29 is 9.13 Å². The van der Waals surface area contributed by atoms with Crippen LogP contribution in [0.5, 0.6) is 0 Å². The number of halogens is 2. The smallest absolute Gasteiger partial charge is 0.191 e. The van der Waals surface area contributed by atoms with E-state index in [9.17, 15) is 4.39 Å². The first-order valence-electron chi connectivity index (χ1n) is 10.9. The van der Waals surface area contributed by atoms with Crippen molar-refractivity contribution in [3.63, 3.8) is 0 Å². The fraction of sp³-hybridized carbons (Fsp3) is 0.458. The lowest BCUT2D eigenvalue weighted by molar-refractivity contribution is 0.122. The molecule has 0 unspecified atom stereocenters. The van der Waals surface area contributed by atoms with E-state index in [0.29, 0.717) is 13.1 Å². The van der Waals surface area contributed by atoms with Gasteiger partial charge < -0.3 is 20.3 Å². The van der Waals surface area contributed by atoms with Crippen molar-refractivity contribution in [1.82, 2.24) is 10.6 Å². The molecule has 0 radical (unpaired) electrons. The lowest BCUT2D eigenvalue weighted by atomic mass is 9.95. The van der Waals surface area contributed by atoms with Crippen LogP contribution in [-0.4, -0.2) is 45.4 Å². The summed E-state index contributed by atoms with van der Waals surface area (Å²) < 4.78 is 19.7. The van der Waals surface area contributed by atoms with Gasteiger partial charge in [0.15, 0.2) is 5.96 Å². The molecule has 1 aliphatic carbocycles. The molecule has 0 aromatic heterocycles. The number of anilines is 1. The Morgan fingerprint density at radius 3 is 2.42 bits per heavy atom. The molecule has 2 N–H and O–H groups in total. The summed E-state index contributed by atoms with van der Waals surface area (Å²) >= 11 is 0. The Balaban J connectivity index is 0.00000272. The third-order valence-corrected chi connectivity index (χ3v) is 5.97. The highest BCUT2D eigenvalue weighted by Crippen LogP contribution is 2.48. The first-order chi connectivity index (χ1) is 14.7. The van der Waals surface area contributed by atoms with Gasteiger partial charge in [0.05, 0.1) is 19.8 Å². The Labute approximate surface area is 201 Å². The van der Waals surface area contributed by atoms with Crippen molar-refractivity contribution in [3.05, 3.63) is 65.5 Å². The summed E-state index contributed by atoms with van der Waals surface area (Å²) in [7, 11) is 0. The number of hydrogen-bond acceptors (Lipinski definition) is 3. The molecule has 0 spiro atoms. The van der Waals surface area contributed by atoms with E-state index in [1.165, 1.54) is 11.3 Å². The largest absolute Gasteiger partial charge is 0.378 e. The summed E-state index contributed by atoms with van der Waals surface area (Å²) in [6.45, 7) is 7.59. The molecule has 2 aromatic carbocycles. The topological polar surface area (TPSA) is 48.9 Å². The van der Waals surface area contributed by atoms with Crippen molar-refractivity contribution in [1.29, 1.82) is 0 Å². The van der Waals surface area contributed by atoms with Crippen molar-refractivity contribution in [2.45, 2.75) is 31.7 Å². The molecule has 2 fully saturated rings. The number of nitrogens with one attached hydrogen (secondary N) is 2. The predicted octanol–water partition coefficient (Wildman–Crippen LogP) is 4.07. The number of hydrogen-bond donors (Lipinski definition) is 2. The average molecular weight is 538 g/mol. The van der Waals surface area contributed by atoms with Gasteiger partial charge in [-0.3, -0.25) is 0 Å². The first-order valence-corrected chi connectivity index (χ1v) is 10.9. The highest BCUT2D eigenvalue weighted by Gasteiger charge is 2.45. The number of ether oxygens (including phenoxy) is 1. The average Bonchev–Trinajstić information content (AvgIpc) is 3.58. The molecule has 2 aromatic rings. The monoisotopic (exact) mass is 538 g/mol. The molecular formula is C24H32FIN4O. The van der Waals surface area contributed by atoms with Gasteiger partial charge in [-0.1, -0.05) is 30.3 Å². The molecule has 168 valence electrons. The summed E-state index contributed by atoms with van der Waals surface area (Å²) in [5.41, 5.74) is 3.10. The van der Waals surface area contributed by atoms with Gasteiger partial charge in [0, 0.05) is 37.3 Å². The zero-order valence-electron chi connectivity index (χ0n) is 18.1. The van der Waals surface area contributed by atoms with E-state index in [0.717, 1.165) is 57.2 Å². The maximum atomic E-state index is 14.3. The summed E-state index contributed by atoms with van der Waals surface area (Å²) in [5, 5.41) is 6.74. The van der Waals surface area contributed by atoms with Crippen molar-refractivity contribution in [3.8, 4) is 0 Å². The molecular weight excluding hydrogens is 506 g/mol. The molecule has 1 saturated heterocycles. The van der Waals surface area contributed by atoms with Gasteiger partial charge in [-0.05, 0) is 49.1 Å². The van der Waals surface area contributed by atoms with E-state index in [1.54, 1.807) is 12.1 Å². The third kappa shape index (κ3) is 6.10. The standard InChI is InChI=1S/C24H31FN4O.HI/c1-2-26-23(28-18-24(11-12-24)21-5-3-4-6-22(21)25)27-17-19-7-9-20(10-8-19)29-13-15-30-16-14-29;/h3-10H,2,11-18H2,1H3,(H2,26,27,28);1H. The Morgan fingerprint density at radius 1 is 1.06 bits per heavy atom. The first kappa shape index (κ1) is 23.8. The Morgan fingerprint density at radius 2 is 1.77 bits per heavy atom. The Kier molecular flexibility index (Phi) is 8.54. The van der Waals surface area contributed by atoms with Gasteiger partial charge in [-0.25, -0.2) is 9.38 Å². The van der Waals surface area contributed by atoms with Crippen LogP contribution in [-0.2, 0) is 16.7 Å². The number of aliphatic imine (C=N–C) groups is 1. The SMILES string of the molecule is CCNC(=NCc1ccc(N2CCOCC2)cc1)NCC1(c2ccccc2F)CC1.I. The molecule has 31 heavy (non-hydrogen) atoms. The Bertz CT molecular complexity index is 864. The fourth-order valence-electron chi connectivity index (χ4n) is 3.98. The molecule has 5 nitrogen and oxygen atoms in total. The second kappa shape index (κ2) is 11.1. The van der Waals surface area contributed by atoms with Crippen LogP contribution in [0.15, 0.2) is 53.5 Å². The van der Waals surface area contributed by atoms with E-state index < -0.39 is 0 Å². The minimum absolute atomic E-state index is 0. The number of guanidine groups is 1. The van der Waals surface area contributed by atoms with Gasteiger partial charge >= 0.3 is 0 Å². The maximum Gasteiger partial charge on any atom is 0.191 e. The molecule has 7 heteroatoms. The zero-order chi connectivity index (χ0) is 20.8. The molecule has 1 heterocycles. The maximum absolute atomic E-state index is 14.3. The molecule has 1 saturated carbocycles. The van der Waals surface area contributed by atoms with Crippen molar-refractivity contribution >= 4 is 35.6 Å². The van der Waals surface area contributed by atoms with Gasteiger partial charge in [0.25, 0.3) is 0 Å². The van der Waals surface area contributed by atoms with Crippen LogP contribution in [0.1, 0.15) is 30.9 Å². The second-order valence-corrected chi connectivity index (χ2v) is 8.07. The highest BCUT2D eigenvalue weighted by molar-refractivity contribution is 14.0. The van der Waals surface area contributed by atoms with E-state index in [2.05, 4.69) is 46.7 Å². The minimum atomic E-state index is -0.112. The van der Waals surface area contributed by atoms with Crippen LogP contribution in [0, 0.1) is 5.82 Å². The van der Waals surface area contributed by atoms with Crippen LogP contribution < -0.4 is 15.5 Å². The minimum Gasteiger partial charge on any atom is -0.378 e. The van der Waals surface area contributed by atoms with E-state index in [1.807, 2.05) is 12.1 Å². The number of morpholine rings is 1. The van der Waals surface area contributed by atoms with Crippen LogP contribution >= 0.6 is 24.0 Å². The summed E-state index contributed by atoms with van der Waals surface area (Å²) in [6, 6.07) is 15.7. The fourth-order valence-corrected chi connectivity index (χ4v) is 3.98. The molecule has 4 rings (SSSR count). The van der Waals surface area contributed by atoms with Gasteiger partial charge in [-0.15, -0.1) is 24.0 Å². The highest BCUT2D eigenvalue weighted by atomic mass is 127. The summed E-state index contributed by atoms with van der Waals surface area (Å²) in [6.07, 6.45) is 2.01. The van der Waals surface area contributed by atoms with E-state index in [4.69, 9.17) is 9.73 Å². The van der Waals surface area contributed by atoms with E-state index >= 15 is 0 Å². The molecule has 1 aliphatic heterocycles. The third-order valence-electron chi connectivity index (χ3n) is 5.97. The summed E-state index contributed by atoms with van der Waals surface area (Å²) in [4.78, 5) is 7.09. The van der Waals surface area contributed by atoms with Crippen LogP contribution in [0.4, 0.5) is 10.1 Å². The lowest BCUT2D eigenvalue weighted by Crippen LogP contribution is -2.41. The summed E-state index contributed by atoms with van der Waals surface area (Å²) in [5.74, 6) is 0.663. The number of benzene rings is 2. The Hall–Kier alpha value is -1.87. The number of nitrogens with zero attached hydrogens (tertiary/aromatic N) is 2. The van der Waals surface area contributed by atoms with Gasteiger partial charge in [0.2, 0.25) is 0 Å². The van der Waals surface area contributed by atoms with Crippen LogP contribution in [0.3, 0.4) is 0 Å². The van der Waals surface area contributed by atoms with Crippen LogP contribution in [0.25, 0.3) is 0 Å². The van der Waals surface area contributed by atoms with Gasteiger partial charge in [0.1, 0.15) is 5.82 Å². The quantitative estimate of drug-likeness (QED) is 0.317. The van der Waals surface area contributed by atoms with E-state index in [-0.39, 0.29) is 35.2 Å². The molecule has 0 amide bonds. The molecule has 2 aliphatic rings. The van der Waals surface area contributed by atoms with Crippen LogP contribution in [0.2, 0.25) is 0 Å². The van der Waals surface area contributed by atoms with Crippen molar-refractivity contribution in [2.24, 2.45) is 4.99 Å². The number of rotatable bonds is 7. The van der Waals surface area contributed by atoms with Crippen molar-refractivity contribution in [2.75, 3.05) is 44.3 Å².